The Balaban J connectivity index is 2.38. The molecule has 0 heterocycles. The molecule has 1 aliphatic rings. The number of benzene rings is 1. The number of methoxy groups -OCH3 is 1. The lowest BCUT2D eigenvalue weighted by atomic mass is 9.69. The fraction of sp³-hybridized carbons (Fsp3) is 0.562. The number of amides is 1. The highest BCUT2D eigenvalue weighted by Crippen LogP contribution is 2.41. The van der Waals surface area contributed by atoms with Gasteiger partial charge in [-0.2, -0.15) is 0 Å². The Morgan fingerprint density at radius 3 is 2.60 bits per heavy atom. The van der Waals surface area contributed by atoms with Crippen LogP contribution in [0.3, 0.4) is 0 Å². The van der Waals surface area contributed by atoms with Gasteiger partial charge in [-0.05, 0) is 30.5 Å². The molecular formula is C16H24N2O2. The zero-order valence-corrected chi connectivity index (χ0v) is 12.4. The zero-order valence-electron chi connectivity index (χ0n) is 12.4. The summed E-state index contributed by atoms with van der Waals surface area (Å²) in [5.74, 6) is 0.595. The van der Waals surface area contributed by atoms with Gasteiger partial charge in [-0.15, -0.1) is 0 Å². The molecule has 1 aromatic rings. The number of nitrogens with one attached hydrogen (secondary N) is 1. The van der Waals surface area contributed by atoms with Gasteiger partial charge in [-0.1, -0.05) is 25.3 Å². The van der Waals surface area contributed by atoms with E-state index in [1.54, 1.807) is 7.11 Å². The average Bonchev–Trinajstić information content (AvgIpc) is 2.47. The molecule has 1 saturated carbocycles. The molecular weight excluding hydrogens is 252 g/mol. The molecule has 0 bridgehead atoms. The quantitative estimate of drug-likeness (QED) is 0.888. The van der Waals surface area contributed by atoms with Gasteiger partial charge in [0.15, 0.2) is 0 Å². The monoisotopic (exact) mass is 276 g/mol. The predicted octanol–water partition coefficient (Wildman–Crippen LogP) is 2.81. The second-order valence-corrected chi connectivity index (χ2v) is 5.64. The van der Waals surface area contributed by atoms with E-state index < -0.39 is 0 Å². The number of hydrogen-bond acceptors (Lipinski definition) is 3. The van der Waals surface area contributed by atoms with Crippen molar-refractivity contribution in [1.29, 1.82) is 0 Å². The third-order valence-corrected chi connectivity index (χ3v) is 4.32. The van der Waals surface area contributed by atoms with Gasteiger partial charge in [-0.25, -0.2) is 0 Å². The van der Waals surface area contributed by atoms with Crippen molar-refractivity contribution in [3.05, 3.63) is 23.8 Å². The Morgan fingerprint density at radius 1 is 1.35 bits per heavy atom. The SMILES string of the molecule is COc1ccc(C2(CN)CCCCC2)cc1NC(C)=O. The topological polar surface area (TPSA) is 64.3 Å². The van der Waals surface area contributed by atoms with Crippen molar-refractivity contribution in [2.75, 3.05) is 19.0 Å². The summed E-state index contributed by atoms with van der Waals surface area (Å²) in [6.07, 6.45) is 5.97. The van der Waals surface area contributed by atoms with Crippen LogP contribution in [0.25, 0.3) is 0 Å². The molecule has 3 N–H and O–H groups in total. The van der Waals surface area contributed by atoms with Gasteiger partial charge in [0.05, 0.1) is 12.8 Å². The number of carbonyl (C=O) groups is 1. The molecule has 0 aliphatic heterocycles. The van der Waals surface area contributed by atoms with Crippen LogP contribution in [0, 0.1) is 0 Å². The summed E-state index contributed by atoms with van der Waals surface area (Å²) in [6.45, 7) is 2.16. The van der Waals surface area contributed by atoms with Gasteiger partial charge in [0.2, 0.25) is 5.91 Å². The van der Waals surface area contributed by atoms with E-state index in [0.717, 1.165) is 18.5 Å². The maximum atomic E-state index is 11.3. The van der Waals surface area contributed by atoms with Gasteiger partial charge in [-0.3, -0.25) is 4.79 Å². The summed E-state index contributed by atoms with van der Waals surface area (Å²) in [4.78, 5) is 11.3. The molecule has 0 unspecified atom stereocenters. The Bertz CT molecular complexity index is 479. The standard InChI is InChI=1S/C16H24N2O2/c1-12(19)18-14-10-13(6-7-15(14)20-2)16(11-17)8-4-3-5-9-16/h6-7,10H,3-5,8-9,11,17H2,1-2H3,(H,18,19). The van der Waals surface area contributed by atoms with E-state index in [4.69, 9.17) is 10.5 Å². The summed E-state index contributed by atoms with van der Waals surface area (Å²) in [5, 5.41) is 2.84. The highest BCUT2D eigenvalue weighted by Gasteiger charge is 2.33. The normalized spacial score (nSPS) is 17.6. The molecule has 1 amide bonds. The lowest BCUT2D eigenvalue weighted by Crippen LogP contribution is -2.37. The minimum atomic E-state index is -0.0918. The molecule has 4 nitrogen and oxygen atoms in total. The van der Waals surface area contributed by atoms with Crippen molar-refractivity contribution in [3.63, 3.8) is 0 Å². The maximum Gasteiger partial charge on any atom is 0.221 e. The second-order valence-electron chi connectivity index (χ2n) is 5.64. The molecule has 110 valence electrons. The number of hydrogen-bond donors (Lipinski definition) is 2. The summed E-state index contributed by atoms with van der Waals surface area (Å²) < 4.78 is 5.31. The van der Waals surface area contributed by atoms with Crippen LogP contribution in [0.4, 0.5) is 5.69 Å². The Kier molecular flexibility index (Phi) is 4.65. The first-order chi connectivity index (χ1) is 9.61. The van der Waals surface area contributed by atoms with E-state index in [1.807, 2.05) is 12.1 Å². The minimum Gasteiger partial charge on any atom is -0.495 e. The highest BCUT2D eigenvalue weighted by molar-refractivity contribution is 5.90. The number of nitrogens with two attached hydrogens (primary N) is 1. The smallest absolute Gasteiger partial charge is 0.221 e. The van der Waals surface area contributed by atoms with Crippen LogP contribution in [0.15, 0.2) is 18.2 Å². The number of carbonyl (C=O) groups excluding carboxylic acids is 1. The molecule has 0 spiro atoms. The van der Waals surface area contributed by atoms with Crippen LogP contribution in [0.2, 0.25) is 0 Å². The van der Waals surface area contributed by atoms with E-state index in [0.29, 0.717) is 12.3 Å². The summed E-state index contributed by atoms with van der Waals surface area (Å²) in [5.41, 5.74) is 8.07. The van der Waals surface area contributed by atoms with Gasteiger partial charge >= 0.3 is 0 Å². The zero-order chi connectivity index (χ0) is 14.6. The Hall–Kier alpha value is -1.55. The average molecular weight is 276 g/mol. The number of anilines is 1. The van der Waals surface area contributed by atoms with Crippen molar-refractivity contribution in [2.45, 2.75) is 44.4 Å². The summed E-state index contributed by atoms with van der Waals surface area (Å²) in [6, 6.07) is 6.04. The largest absolute Gasteiger partial charge is 0.495 e. The first-order valence-electron chi connectivity index (χ1n) is 7.27. The number of ether oxygens (including phenoxy) is 1. The fourth-order valence-electron chi connectivity index (χ4n) is 3.16. The van der Waals surface area contributed by atoms with Crippen LogP contribution in [-0.2, 0) is 10.2 Å². The molecule has 1 aliphatic carbocycles. The van der Waals surface area contributed by atoms with E-state index in [1.165, 1.54) is 31.7 Å². The molecule has 0 saturated heterocycles. The number of rotatable bonds is 4. The van der Waals surface area contributed by atoms with Crippen LogP contribution >= 0.6 is 0 Å². The molecule has 0 atom stereocenters. The predicted molar refractivity (Wildman–Crippen MR) is 81.1 cm³/mol. The van der Waals surface area contributed by atoms with Crippen molar-refractivity contribution in [1.82, 2.24) is 0 Å². The third kappa shape index (κ3) is 2.96. The van der Waals surface area contributed by atoms with E-state index in [-0.39, 0.29) is 11.3 Å². The van der Waals surface area contributed by atoms with Crippen molar-refractivity contribution < 1.29 is 9.53 Å². The van der Waals surface area contributed by atoms with Crippen molar-refractivity contribution in [2.24, 2.45) is 5.73 Å². The minimum absolute atomic E-state index is 0.0533. The summed E-state index contributed by atoms with van der Waals surface area (Å²) in [7, 11) is 1.61. The third-order valence-electron chi connectivity index (χ3n) is 4.32. The molecule has 1 fully saturated rings. The molecule has 20 heavy (non-hydrogen) atoms. The first kappa shape index (κ1) is 14.9. The molecule has 0 radical (unpaired) electrons. The van der Waals surface area contributed by atoms with Gasteiger partial charge < -0.3 is 15.8 Å². The van der Waals surface area contributed by atoms with Crippen molar-refractivity contribution >= 4 is 11.6 Å². The Morgan fingerprint density at radius 2 is 2.05 bits per heavy atom. The van der Waals surface area contributed by atoms with E-state index in [2.05, 4.69) is 11.4 Å². The van der Waals surface area contributed by atoms with E-state index >= 15 is 0 Å². The lowest BCUT2D eigenvalue weighted by Gasteiger charge is -2.37. The van der Waals surface area contributed by atoms with Crippen LogP contribution in [0.5, 0.6) is 5.75 Å². The highest BCUT2D eigenvalue weighted by atomic mass is 16.5. The van der Waals surface area contributed by atoms with Gasteiger partial charge in [0.1, 0.15) is 5.75 Å². The second kappa shape index (κ2) is 6.27. The van der Waals surface area contributed by atoms with Crippen LogP contribution < -0.4 is 15.8 Å². The fourth-order valence-corrected chi connectivity index (χ4v) is 3.16. The van der Waals surface area contributed by atoms with Crippen LogP contribution in [-0.4, -0.2) is 19.6 Å². The first-order valence-corrected chi connectivity index (χ1v) is 7.27. The van der Waals surface area contributed by atoms with E-state index in [9.17, 15) is 4.79 Å². The maximum absolute atomic E-state index is 11.3. The van der Waals surface area contributed by atoms with Gasteiger partial charge in [0, 0.05) is 18.9 Å². The molecule has 1 aromatic carbocycles. The Labute approximate surface area is 120 Å². The molecule has 0 aromatic heterocycles. The molecule has 2 rings (SSSR count). The van der Waals surface area contributed by atoms with Gasteiger partial charge in [0.25, 0.3) is 0 Å². The van der Waals surface area contributed by atoms with Crippen molar-refractivity contribution in [3.8, 4) is 5.75 Å². The summed E-state index contributed by atoms with van der Waals surface area (Å²) >= 11 is 0. The van der Waals surface area contributed by atoms with Crippen LogP contribution in [0.1, 0.15) is 44.6 Å². The lowest BCUT2D eigenvalue weighted by molar-refractivity contribution is -0.114. The molecule has 4 heteroatoms.